The van der Waals surface area contributed by atoms with Crippen molar-refractivity contribution in [3.05, 3.63) is 57.5 Å². The van der Waals surface area contributed by atoms with Gasteiger partial charge in [-0.15, -0.1) is 11.3 Å². The molecule has 0 fully saturated rings. The van der Waals surface area contributed by atoms with Gasteiger partial charge in [-0.05, 0) is 37.6 Å². The first-order chi connectivity index (χ1) is 9.24. The standard InChI is InChI=1S/C15H17N3S/c1-11-7-14(19-12(11)2)10-16-8-13-9-17-18-6-4-3-5-15(13)18/h3-7,9,16H,8,10H2,1-2H3. The molecule has 0 bridgehead atoms. The monoisotopic (exact) mass is 271 g/mol. The van der Waals surface area contributed by atoms with Crippen molar-refractivity contribution in [2.24, 2.45) is 0 Å². The lowest BCUT2D eigenvalue weighted by Gasteiger charge is -2.01. The van der Waals surface area contributed by atoms with Gasteiger partial charge in [0.1, 0.15) is 0 Å². The van der Waals surface area contributed by atoms with E-state index in [9.17, 15) is 0 Å². The summed E-state index contributed by atoms with van der Waals surface area (Å²) in [6.07, 6.45) is 3.91. The molecule has 0 aliphatic rings. The average molecular weight is 271 g/mol. The normalized spacial score (nSPS) is 11.3. The number of thiophene rings is 1. The number of rotatable bonds is 4. The van der Waals surface area contributed by atoms with Crippen LogP contribution in [0.25, 0.3) is 5.52 Å². The second kappa shape index (κ2) is 5.15. The summed E-state index contributed by atoms with van der Waals surface area (Å²) in [6.45, 7) is 6.11. The average Bonchev–Trinajstić information content (AvgIpc) is 2.95. The molecule has 0 aromatic carbocycles. The molecule has 98 valence electrons. The van der Waals surface area contributed by atoms with Crippen LogP contribution >= 0.6 is 11.3 Å². The fraction of sp³-hybridized carbons (Fsp3) is 0.267. The Balaban J connectivity index is 1.66. The predicted octanol–water partition coefficient (Wildman–Crippen LogP) is 3.30. The summed E-state index contributed by atoms with van der Waals surface area (Å²) in [4.78, 5) is 2.80. The predicted molar refractivity (Wildman–Crippen MR) is 79.5 cm³/mol. The van der Waals surface area contributed by atoms with E-state index >= 15 is 0 Å². The summed E-state index contributed by atoms with van der Waals surface area (Å²) in [5.41, 5.74) is 3.80. The molecular weight excluding hydrogens is 254 g/mol. The van der Waals surface area contributed by atoms with Crippen LogP contribution in [0.2, 0.25) is 0 Å². The minimum absolute atomic E-state index is 0.851. The van der Waals surface area contributed by atoms with Crippen LogP contribution in [-0.4, -0.2) is 9.61 Å². The van der Waals surface area contributed by atoms with E-state index in [0.717, 1.165) is 13.1 Å². The van der Waals surface area contributed by atoms with Gasteiger partial charge in [-0.1, -0.05) is 6.07 Å². The fourth-order valence-electron chi connectivity index (χ4n) is 2.18. The van der Waals surface area contributed by atoms with E-state index in [1.165, 1.54) is 26.4 Å². The van der Waals surface area contributed by atoms with Crippen LogP contribution in [0.15, 0.2) is 36.7 Å². The third-order valence-corrected chi connectivity index (χ3v) is 4.49. The summed E-state index contributed by atoms with van der Waals surface area (Å²) >= 11 is 1.87. The van der Waals surface area contributed by atoms with Gasteiger partial charge >= 0.3 is 0 Å². The van der Waals surface area contributed by atoms with Crippen molar-refractivity contribution in [1.82, 2.24) is 14.9 Å². The van der Waals surface area contributed by atoms with Crippen molar-refractivity contribution in [2.45, 2.75) is 26.9 Å². The molecule has 4 heteroatoms. The van der Waals surface area contributed by atoms with Crippen molar-refractivity contribution in [3.8, 4) is 0 Å². The molecule has 3 aromatic rings. The first-order valence-electron chi connectivity index (χ1n) is 6.42. The molecule has 0 spiro atoms. The Morgan fingerprint density at radius 2 is 2.16 bits per heavy atom. The maximum Gasteiger partial charge on any atom is 0.0706 e. The fourth-order valence-corrected chi connectivity index (χ4v) is 3.20. The number of aryl methyl sites for hydroxylation is 2. The summed E-state index contributed by atoms with van der Waals surface area (Å²) < 4.78 is 1.91. The van der Waals surface area contributed by atoms with Crippen LogP contribution in [0.4, 0.5) is 0 Å². The van der Waals surface area contributed by atoms with Gasteiger partial charge in [0, 0.05) is 34.6 Å². The Labute approximate surface area is 116 Å². The minimum Gasteiger partial charge on any atom is -0.308 e. The first kappa shape index (κ1) is 12.4. The van der Waals surface area contributed by atoms with Gasteiger partial charge in [-0.2, -0.15) is 5.10 Å². The molecule has 3 heterocycles. The number of hydrogen-bond acceptors (Lipinski definition) is 3. The quantitative estimate of drug-likeness (QED) is 0.789. The molecule has 0 radical (unpaired) electrons. The minimum atomic E-state index is 0.851. The first-order valence-corrected chi connectivity index (χ1v) is 7.23. The molecule has 0 saturated carbocycles. The van der Waals surface area contributed by atoms with Gasteiger partial charge in [0.2, 0.25) is 0 Å². The van der Waals surface area contributed by atoms with Crippen LogP contribution in [0, 0.1) is 13.8 Å². The zero-order valence-electron chi connectivity index (χ0n) is 11.2. The molecule has 0 unspecified atom stereocenters. The Morgan fingerprint density at radius 3 is 2.95 bits per heavy atom. The van der Waals surface area contributed by atoms with Gasteiger partial charge in [-0.25, -0.2) is 4.52 Å². The van der Waals surface area contributed by atoms with Crippen molar-refractivity contribution in [3.63, 3.8) is 0 Å². The molecule has 19 heavy (non-hydrogen) atoms. The Kier molecular flexibility index (Phi) is 3.36. The molecule has 0 aliphatic heterocycles. The van der Waals surface area contributed by atoms with Crippen LogP contribution in [0.3, 0.4) is 0 Å². The van der Waals surface area contributed by atoms with E-state index in [2.05, 4.69) is 36.4 Å². The van der Waals surface area contributed by atoms with Crippen molar-refractivity contribution >= 4 is 16.9 Å². The molecule has 3 rings (SSSR count). The number of nitrogens with zero attached hydrogens (tertiary/aromatic N) is 2. The summed E-state index contributed by atoms with van der Waals surface area (Å²) in [5.74, 6) is 0. The topological polar surface area (TPSA) is 29.3 Å². The SMILES string of the molecule is Cc1cc(CNCc2cnn3ccccc23)sc1C. The summed E-state index contributed by atoms with van der Waals surface area (Å²) in [6, 6.07) is 8.41. The summed E-state index contributed by atoms with van der Waals surface area (Å²) in [7, 11) is 0. The second-order valence-electron chi connectivity index (χ2n) is 4.76. The molecule has 0 saturated heterocycles. The third-order valence-electron chi connectivity index (χ3n) is 3.34. The molecule has 3 aromatic heterocycles. The Hall–Kier alpha value is -1.65. The number of hydrogen-bond donors (Lipinski definition) is 1. The zero-order valence-corrected chi connectivity index (χ0v) is 12.0. The smallest absolute Gasteiger partial charge is 0.0706 e. The molecule has 1 N–H and O–H groups in total. The highest BCUT2D eigenvalue weighted by Gasteiger charge is 2.04. The highest BCUT2D eigenvalue weighted by molar-refractivity contribution is 7.12. The van der Waals surface area contributed by atoms with Crippen molar-refractivity contribution < 1.29 is 0 Å². The highest BCUT2D eigenvalue weighted by atomic mass is 32.1. The second-order valence-corrected chi connectivity index (χ2v) is 6.10. The lowest BCUT2D eigenvalue weighted by atomic mass is 10.2. The molecule has 0 aliphatic carbocycles. The number of aromatic nitrogens is 2. The number of fused-ring (bicyclic) bond motifs is 1. The maximum absolute atomic E-state index is 4.34. The lowest BCUT2D eigenvalue weighted by molar-refractivity contribution is 0.704. The zero-order chi connectivity index (χ0) is 13.2. The Morgan fingerprint density at radius 1 is 1.26 bits per heavy atom. The Bertz CT molecular complexity index is 677. The van der Waals surface area contributed by atoms with E-state index in [-0.39, 0.29) is 0 Å². The molecule has 3 nitrogen and oxygen atoms in total. The van der Waals surface area contributed by atoms with Gasteiger partial charge in [0.05, 0.1) is 11.7 Å². The number of pyridine rings is 1. The highest BCUT2D eigenvalue weighted by Crippen LogP contribution is 2.20. The van der Waals surface area contributed by atoms with Crippen LogP contribution in [0.1, 0.15) is 20.9 Å². The van der Waals surface area contributed by atoms with E-state index in [1.807, 2.05) is 40.4 Å². The van der Waals surface area contributed by atoms with Crippen LogP contribution in [-0.2, 0) is 13.1 Å². The molecule has 0 atom stereocenters. The molecular formula is C15H17N3S. The lowest BCUT2D eigenvalue weighted by Crippen LogP contribution is -2.11. The maximum atomic E-state index is 4.34. The van der Waals surface area contributed by atoms with E-state index in [0.29, 0.717) is 0 Å². The van der Waals surface area contributed by atoms with Gasteiger partial charge < -0.3 is 5.32 Å². The van der Waals surface area contributed by atoms with Gasteiger partial charge in [0.15, 0.2) is 0 Å². The van der Waals surface area contributed by atoms with Crippen LogP contribution < -0.4 is 5.32 Å². The van der Waals surface area contributed by atoms with Gasteiger partial charge in [-0.3, -0.25) is 0 Å². The van der Waals surface area contributed by atoms with E-state index in [4.69, 9.17) is 0 Å². The van der Waals surface area contributed by atoms with Gasteiger partial charge in [0.25, 0.3) is 0 Å². The van der Waals surface area contributed by atoms with E-state index in [1.54, 1.807) is 0 Å². The van der Waals surface area contributed by atoms with Crippen molar-refractivity contribution in [2.75, 3.05) is 0 Å². The van der Waals surface area contributed by atoms with Crippen LogP contribution in [0.5, 0.6) is 0 Å². The third kappa shape index (κ3) is 2.55. The number of nitrogens with one attached hydrogen (secondary N) is 1. The molecule has 0 amide bonds. The van der Waals surface area contributed by atoms with E-state index < -0.39 is 0 Å². The van der Waals surface area contributed by atoms with Crippen molar-refractivity contribution in [1.29, 1.82) is 0 Å². The summed E-state index contributed by atoms with van der Waals surface area (Å²) in [5, 5.41) is 7.84. The largest absolute Gasteiger partial charge is 0.308 e.